The van der Waals surface area contributed by atoms with Crippen molar-refractivity contribution >= 4 is 5.78 Å². The lowest BCUT2D eigenvalue weighted by Gasteiger charge is -2.77. The Labute approximate surface area is 233 Å². The van der Waals surface area contributed by atoms with Crippen LogP contribution in [0.2, 0.25) is 0 Å². The molecule has 0 amide bonds. The summed E-state index contributed by atoms with van der Waals surface area (Å²) in [5, 5.41) is 46.4. The van der Waals surface area contributed by atoms with Crippen LogP contribution in [0, 0.1) is 25.2 Å². The molecule has 0 aliphatic heterocycles. The Morgan fingerprint density at radius 3 is 2.30 bits per heavy atom. The van der Waals surface area contributed by atoms with Crippen LogP contribution in [-0.2, 0) is 35.1 Å². The van der Waals surface area contributed by atoms with Crippen LogP contribution in [0.1, 0.15) is 70.2 Å². The average molecular weight is 535 g/mol. The molecule has 0 radical (unpaired) electrons. The minimum atomic E-state index is -1.62. The van der Waals surface area contributed by atoms with Gasteiger partial charge in [0.05, 0.1) is 5.41 Å². The van der Waals surface area contributed by atoms with Crippen molar-refractivity contribution in [3.05, 3.63) is 93.6 Å². The van der Waals surface area contributed by atoms with Crippen LogP contribution in [0.3, 0.4) is 0 Å². The van der Waals surface area contributed by atoms with Crippen LogP contribution in [0.5, 0.6) is 11.5 Å². The highest BCUT2D eigenvalue weighted by Gasteiger charge is 2.85. The van der Waals surface area contributed by atoms with Gasteiger partial charge < -0.3 is 20.4 Å². The van der Waals surface area contributed by atoms with E-state index in [1.807, 2.05) is 19.9 Å². The molecule has 5 nitrogen and oxygen atoms in total. The normalized spacial score (nSPS) is 35.9. The van der Waals surface area contributed by atoms with Crippen molar-refractivity contribution in [2.75, 3.05) is 0 Å². The monoisotopic (exact) mass is 534 g/mol. The molecule has 1 spiro atoms. The summed E-state index contributed by atoms with van der Waals surface area (Å²) in [6.45, 7) is 9.68. The molecule has 3 fully saturated rings. The van der Waals surface area contributed by atoms with Crippen molar-refractivity contribution < 1.29 is 25.2 Å². The summed E-state index contributed by atoms with van der Waals surface area (Å²) in [6, 6.07) is 11.5. The molecule has 5 heteroatoms. The van der Waals surface area contributed by atoms with E-state index >= 15 is 0 Å². The molecule has 0 saturated heterocycles. The Kier molecular flexibility index (Phi) is 4.31. The predicted molar refractivity (Wildman–Crippen MR) is 152 cm³/mol. The first-order valence-corrected chi connectivity index (χ1v) is 14.4. The zero-order valence-electron chi connectivity index (χ0n) is 23.1. The molecule has 1 unspecified atom stereocenters. The second kappa shape index (κ2) is 7.07. The van der Waals surface area contributed by atoms with Crippen LogP contribution in [0.4, 0.5) is 0 Å². The van der Waals surface area contributed by atoms with Crippen molar-refractivity contribution in [2.45, 2.75) is 75.4 Å². The third kappa shape index (κ3) is 2.19. The lowest BCUT2D eigenvalue weighted by molar-refractivity contribution is -0.267. The van der Waals surface area contributed by atoms with Crippen molar-refractivity contribution in [1.29, 1.82) is 0 Å². The quantitative estimate of drug-likeness (QED) is 0.323. The van der Waals surface area contributed by atoms with Gasteiger partial charge in [0, 0.05) is 17.3 Å². The molecule has 10 rings (SSSR count). The molecule has 6 atom stereocenters. The number of carbonyl (C=O) groups excluding carboxylic acids is 1. The Bertz CT molecular complexity index is 1730. The van der Waals surface area contributed by atoms with Crippen LogP contribution in [0.15, 0.2) is 49.1 Å². The van der Waals surface area contributed by atoms with Gasteiger partial charge in [-0.3, -0.25) is 4.79 Å². The number of phenols is 2. The van der Waals surface area contributed by atoms with Gasteiger partial charge in [0.25, 0.3) is 0 Å². The summed E-state index contributed by atoms with van der Waals surface area (Å²) in [6.07, 6.45) is 5.06. The first kappa shape index (κ1) is 24.4. The molecular weight excluding hydrogens is 500 g/mol. The van der Waals surface area contributed by atoms with Crippen LogP contribution in [-0.4, -0.2) is 31.8 Å². The molecule has 3 saturated carbocycles. The standard InChI is InChI=1S/C35H34O5/c1-5-33-25-16-28(32(4,39)31(33)38)34(15-14-21-18(3)27(37)13-11-23(21)35(33,34)40)24-10-7-19-6-8-20-17(2)26(36)12-9-22(20)29(19)30(24)25/h5,7,9-13,25,28,36-37,39-40H,1,6,8,14-16H2,2-4H3/t25-,28+,32-,33-,34?,35+/m0/s1. The number of aromatic hydroxyl groups is 2. The second-order valence-corrected chi connectivity index (χ2v) is 13.1. The summed E-state index contributed by atoms with van der Waals surface area (Å²) in [5.74, 6) is -0.743. The van der Waals surface area contributed by atoms with E-state index in [0.29, 0.717) is 24.8 Å². The second-order valence-electron chi connectivity index (χ2n) is 13.1. The lowest BCUT2D eigenvalue weighted by Crippen LogP contribution is -2.83. The van der Waals surface area contributed by atoms with Crippen molar-refractivity contribution in [3.8, 4) is 22.6 Å². The zero-order chi connectivity index (χ0) is 28.1. The first-order chi connectivity index (χ1) is 19.0. The highest BCUT2D eigenvalue weighted by molar-refractivity contribution is 6.02. The lowest BCUT2D eigenvalue weighted by atomic mass is 9.26. The maximum absolute atomic E-state index is 14.6. The fourth-order valence-corrected chi connectivity index (χ4v) is 10.4. The number of rotatable bonds is 1. The molecule has 3 aromatic carbocycles. The number of ketones is 1. The van der Waals surface area contributed by atoms with E-state index < -0.39 is 27.9 Å². The fraction of sp³-hybridized carbons (Fsp3) is 0.400. The van der Waals surface area contributed by atoms with Gasteiger partial charge in [-0.05, 0) is 121 Å². The largest absolute Gasteiger partial charge is 0.508 e. The number of carbonyl (C=O) groups is 1. The molecule has 4 N–H and O–H groups in total. The van der Waals surface area contributed by atoms with Crippen LogP contribution >= 0.6 is 0 Å². The molecule has 3 aromatic rings. The molecule has 204 valence electrons. The average Bonchev–Trinajstić information content (AvgIpc) is 2.94. The van der Waals surface area contributed by atoms with Crippen molar-refractivity contribution in [1.82, 2.24) is 0 Å². The molecule has 7 aliphatic carbocycles. The summed E-state index contributed by atoms with van der Waals surface area (Å²) in [5.41, 5.74) is 4.26. The summed E-state index contributed by atoms with van der Waals surface area (Å²) in [4.78, 5) is 14.6. The number of hydrogen-bond acceptors (Lipinski definition) is 5. The topological polar surface area (TPSA) is 98.0 Å². The Balaban J connectivity index is 1.54. The summed E-state index contributed by atoms with van der Waals surface area (Å²) < 4.78 is 0. The molecule has 4 bridgehead atoms. The maximum Gasteiger partial charge on any atom is 0.178 e. The maximum atomic E-state index is 14.6. The number of fused-ring (bicyclic) bond motifs is 5. The molecule has 7 aliphatic rings. The Morgan fingerprint density at radius 2 is 1.57 bits per heavy atom. The van der Waals surface area contributed by atoms with E-state index in [1.165, 1.54) is 5.56 Å². The van der Waals surface area contributed by atoms with E-state index in [0.717, 1.165) is 57.3 Å². The number of Topliss-reactive ketones (excluding diaryl/α,β-unsaturated/α-hetero) is 1. The smallest absolute Gasteiger partial charge is 0.178 e. The van der Waals surface area contributed by atoms with Gasteiger partial charge in [-0.2, -0.15) is 0 Å². The van der Waals surface area contributed by atoms with E-state index in [2.05, 4.69) is 18.7 Å². The van der Waals surface area contributed by atoms with Gasteiger partial charge in [0.15, 0.2) is 5.78 Å². The molecular formula is C35H34O5. The zero-order valence-corrected chi connectivity index (χ0v) is 23.1. The minimum Gasteiger partial charge on any atom is -0.508 e. The fourth-order valence-electron chi connectivity index (χ4n) is 10.4. The number of phenolic OH excluding ortho intramolecular Hbond substituents is 2. The Hall–Kier alpha value is -3.41. The van der Waals surface area contributed by atoms with Gasteiger partial charge >= 0.3 is 0 Å². The van der Waals surface area contributed by atoms with Gasteiger partial charge in [-0.25, -0.2) is 0 Å². The number of hydrogen-bond donors (Lipinski definition) is 4. The molecule has 40 heavy (non-hydrogen) atoms. The third-order valence-electron chi connectivity index (χ3n) is 12.1. The van der Waals surface area contributed by atoms with E-state index in [4.69, 9.17) is 0 Å². The van der Waals surface area contributed by atoms with Crippen molar-refractivity contribution in [2.24, 2.45) is 11.3 Å². The number of benzene rings is 3. The highest BCUT2D eigenvalue weighted by atomic mass is 16.3. The van der Waals surface area contributed by atoms with Crippen LogP contribution in [0.25, 0.3) is 11.1 Å². The first-order valence-electron chi connectivity index (χ1n) is 14.4. The van der Waals surface area contributed by atoms with E-state index in [1.54, 1.807) is 31.2 Å². The highest BCUT2D eigenvalue weighted by Crippen LogP contribution is 2.81. The molecule has 0 aromatic heterocycles. The van der Waals surface area contributed by atoms with Crippen molar-refractivity contribution in [3.63, 3.8) is 0 Å². The minimum absolute atomic E-state index is 0.181. The molecule has 0 heterocycles. The summed E-state index contributed by atoms with van der Waals surface area (Å²) >= 11 is 0. The SMILES string of the molecule is C=C[C@@]12C(=O)[C@@](C)(O)[C@H]3C[C@H]1c1c(ccc4c1-c1ccc(O)c(C)c1CC4)C31CCc3c(ccc(O)c3C)[C@]12O. The van der Waals surface area contributed by atoms with Gasteiger partial charge in [0.1, 0.15) is 22.7 Å². The number of aliphatic hydroxyl groups is 2. The van der Waals surface area contributed by atoms with Gasteiger partial charge in [0.2, 0.25) is 0 Å². The van der Waals surface area contributed by atoms with Gasteiger partial charge in [-0.1, -0.05) is 30.3 Å². The third-order valence-corrected chi connectivity index (χ3v) is 12.1. The van der Waals surface area contributed by atoms with Crippen LogP contribution < -0.4 is 0 Å². The van der Waals surface area contributed by atoms with E-state index in [9.17, 15) is 25.2 Å². The van der Waals surface area contributed by atoms with Gasteiger partial charge in [-0.15, -0.1) is 6.58 Å². The van der Waals surface area contributed by atoms with E-state index in [-0.39, 0.29) is 23.2 Å². The Morgan fingerprint density at radius 1 is 0.900 bits per heavy atom. The number of aryl methyl sites for hydroxylation is 1. The predicted octanol–water partition coefficient (Wildman–Crippen LogP) is 5.18. The summed E-state index contributed by atoms with van der Waals surface area (Å²) in [7, 11) is 0.